The van der Waals surface area contributed by atoms with Crippen molar-refractivity contribution in [2.45, 2.75) is 38.4 Å². The Morgan fingerprint density at radius 1 is 1.50 bits per heavy atom. The van der Waals surface area contributed by atoms with Crippen molar-refractivity contribution in [1.82, 2.24) is 4.90 Å². The predicted octanol–water partition coefficient (Wildman–Crippen LogP) is 1.73. The summed E-state index contributed by atoms with van der Waals surface area (Å²) < 4.78 is 0. The molecule has 2 heterocycles. The molecule has 1 aliphatic heterocycles. The number of hydrogen-bond acceptors (Lipinski definition) is 3. The molecule has 76 valence electrons. The van der Waals surface area contributed by atoms with Crippen LogP contribution in [0.3, 0.4) is 0 Å². The molecule has 2 aliphatic rings. The molecule has 0 unspecified atom stereocenters. The molecule has 1 fully saturated rings. The Balaban J connectivity index is 1.84. The highest BCUT2D eigenvalue weighted by atomic mass is 32.1. The predicted molar refractivity (Wildman–Crippen MR) is 59.3 cm³/mol. The first-order valence-electron chi connectivity index (χ1n) is 5.40. The number of thiophene rings is 1. The van der Waals surface area contributed by atoms with Crippen LogP contribution >= 0.6 is 11.3 Å². The normalized spacial score (nSPS) is 22.4. The topological polar surface area (TPSA) is 29.3 Å². The Morgan fingerprint density at radius 2 is 2.36 bits per heavy atom. The van der Waals surface area contributed by atoms with Gasteiger partial charge in [-0.2, -0.15) is 0 Å². The highest BCUT2D eigenvalue weighted by Crippen LogP contribution is 2.34. The fourth-order valence-corrected chi connectivity index (χ4v) is 3.48. The minimum absolute atomic E-state index is 0.718. The van der Waals surface area contributed by atoms with Gasteiger partial charge in [0.2, 0.25) is 0 Å². The Labute approximate surface area is 88.7 Å². The van der Waals surface area contributed by atoms with Gasteiger partial charge in [-0.15, -0.1) is 11.3 Å². The SMILES string of the molecule is NCc1csc2c1CCN(C1CC1)C2. The summed E-state index contributed by atoms with van der Waals surface area (Å²) in [6, 6.07) is 0.909. The van der Waals surface area contributed by atoms with Gasteiger partial charge in [0.25, 0.3) is 0 Å². The van der Waals surface area contributed by atoms with Crippen LogP contribution in [0, 0.1) is 0 Å². The Morgan fingerprint density at radius 3 is 3.07 bits per heavy atom. The summed E-state index contributed by atoms with van der Waals surface area (Å²) in [5, 5.41) is 2.25. The molecule has 0 saturated heterocycles. The Hall–Kier alpha value is -0.380. The summed E-state index contributed by atoms with van der Waals surface area (Å²) >= 11 is 1.90. The van der Waals surface area contributed by atoms with Crippen molar-refractivity contribution in [3.05, 3.63) is 21.4 Å². The van der Waals surface area contributed by atoms with Crippen LogP contribution in [0.1, 0.15) is 28.8 Å². The maximum absolute atomic E-state index is 5.72. The van der Waals surface area contributed by atoms with Crippen LogP contribution in [-0.2, 0) is 19.5 Å². The summed E-state index contributed by atoms with van der Waals surface area (Å²) in [4.78, 5) is 4.21. The van der Waals surface area contributed by atoms with E-state index in [2.05, 4.69) is 10.3 Å². The maximum atomic E-state index is 5.72. The molecule has 2 N–H and O–H groups in total. The Bertz CT molecular complexity index is 341. The molecule has 1 saturated carbocycles. The molecule has 0 aromatic carbocycles. The second-order valence-corrected chi connectivity index (χ2v) is 5.28. The van der Waals surface area contributed by atoms with Crippen molar-refractivity contribution in [3.8, 4) is 0 Å². The first kappa shape index (κ1) is 8.89. The molecule has 1 aliphatic carbocycles. The molecule has 1 aromatic heterocycles. The summed E-state index contributed by atoms with van der Waals surface area (Å²) in [6.45, 7) is 3.15. The maximum Gasteiger partial charge on any atom is 0.0333 e. The number of fused-ring (bicyclic) bond motifs is 1. The molecule has 2 nitrogen and oxygen atoms in total. The van der Waals surface area contributed by atoms with Crippen LogP contribution in [0.2, 0.25) is 0 Å². The third-order valence-corrected chi connectivity index (χ3v) is 4.41. The number of nitrogens with two attached hydrogens (primary N) is 1. The first-order valence-corrected chi connectivity index (χ1v) is 6.28. The van der Waals surface area contributed by atoms with E-state index in [-0.39, 0.29) is 0 Å². The lowest BCUT2D eigenvalue weighted by atomic mass is 10.0. The zero-order valence-electron chi connectivity index (χ0n) is 8.33. The van der Waals surface area contributed by atoms with Crippen molar-refractivity contribution in [2.75, 3.05) is 6.54 Å². The molecule has 14 heavy (non-hydrogen) atoms. The van der Waals surface area contributed by atoms with E-state index in [0.717, 1.165) is 12.6 Å². The van der Waals surface area contributed by atoms with Gasteiger partial charge in [0.05, 0.1) is 0 Å². The molecule has 0 amide bonds. The van der Waals surface area contributed by atoms with E-state index < -0.39 is 0 Å². The second kappa shape index (κ2) is 3.33. The molecule has 0 atom stereocenters. The van der Waals surface area contributed by atoms with Crippen molar-refractivity contribution in [1.29, 1.82) is 0 Å². The standard InChI is InChI=1S/C11H16N2S/c12-5-8-7-14-11-6-13(9-1-2-9)4-3-10(8)11/h7,9H,1-6,12H2. The summed E-state index contributed by atoms with van der Waals surface area (Å²) in [5.41, 5.74) is 8.67. The van der Waals surface area contributed by atoms with Crippen molar-refractivity contribution in [3.63, 3.8) is 0 Å². The molecule has 0 bridgehead atoms. The highest BCUT2D eigenvalue weighted by Gasteiger charge is 2.32. The number of rotatable bonds is 2. The van der Waals surface area contributed by atoms with Gasteiger partial charge in [-0.1, -0.05) is 0 Å². The minimum atomic E-state index is 0.718. The van der Waals surface area contributed by atoms with E-state index in [1.54, 1.807) is 10.4 Å². The lowest BCUT2D eigenvalue weighted by Crippen LogP contribution is -2.31. The van der Waals surface area contributed by atoms with Crippen LogP contribution < -0.4 is 5.73 Å². The zero-order chi connectivity index (χ0) is 9.54. The molecular formula is C11H16N2S. The molecular weight excluding hydrogens is 192 g/mol. The van der Waals surface area contributed by atoms with Gasteiger partial charge in [0, 0.05) is 30.6 Å². The number of nitrogens with zero attached hydrogens (tertiary/aromatic N) is 1. The van der Waals surface area contributed by atoms with E-state index in [1.165, 1.54) is 37.9 Å². The summed E-state index contributed by atoms with van der Waals surface area (Å²) in [6.07, 6.45) is 4.07. The van der Waals surface area contributed by atoms with Crippen LogP contribution in [0.15, 0.2) is 5.38 Å². The van der Waals surface area contributed by atoms with Gasteiger partial charge in [-0.05, 0) is 35.8 Å². The lowest BCUT2D eigenvalue weighted by molar-refractivity contribution is 0.246. The fourth-order valence-electron chi connectivity index (χ4n) is 2.34. The molecule has 0 radical (unpaired) electrons. The monoisotopic (exact) mass is 208 g/mol. The lowest BCUT2D eigenvalue weighted by Gasteiger charge is -2.27. The van der Waals surface area contributed by atoms with E-state index >= 15 is 0 Å². The van der Waals surface area contributed by atoms with Crippen LogP contribution in [0.4, 0.5) is 0 Å². The van der Waals surface area contributed by atoms with Crippen molar-refractivity contribution < 1.29 is 0 Å². The van der Waals surface area contributed by atoms with Gasteiger partial charge in [0.15, 0.2) is 0 Å². The van der Waals surface area contributed by atoms with Gasteiger partial charge >= 0.3 is 0 Å². The van der Waals surface area contributed by atoms with Crippen LogP contribution in [0.25, 0.3) is 0 Å². The van der Waals surface area contributed by atoms with Crippen molar-refractivity contribution >= 4 is 11.3 Å². The van der Waals surface area contributed by atoms with E-state index in [0.29, 0.717) is 0 Å². The smallest absolute Gasteiger partial charge is 0.0333 e. The molecule has 3 heteroatoms. The average Bonchev–Trinajstić information content (AvgIpc) is 2.98. The third kappa shape index (κ3) is 1.40. The largest absolute Gasteiger partial charge is 0.326 e. The number of hydrogen-bond donors (Lipinski definition) is 1. The fraction of sp³-hybridized carbons (Fsp3) is 0.636. The van der Waals surface area contributed by atoms with Gasteiger partial charge < -0.3 is 5.73 Å². The minimum Gasteiger partial charge on any atom is -0.326 e. The quantitative estimate of drug-likeness (QED) is 0.802. The van der Waals surface area contributed by atoms with Crippen LogP contribution in [0.5, 0.6) is 0 Å². The molecule has 0 spiro atoms. The summed E-state index contributed by atoms with van der Waals surface area (Å²) in [5.74, 6) is 0. The van der Waals surface area contributed by atoms with E-state index in [4.69, 9.17) is 5.73 Å². The zero-order valence-corrected chi connectivity index (χ0v) is 9.15. The van der Waals surface area contributed by atoms with Crippen molar-refractivity contribution in [2.24, 2.45) is 5.73 Å². The third-order valence-electron chi connectivity index (χ3n) is 3.35. The van der Waals surface area contributed by atoms with Gasteiger partial charge in [-0.3, -0.25) is 4.90 Å². The van der Waals surface area contributed by atoms with Gasteiger partial charge in [-0.25, -0.2) is 0 Å². The van der Waals surface area contributed by atoms with E-state index in [1.807, 2.05) is 11.3 Å². The van der Waals surface area contributed by atoms with Crippen LogP contribution in [-0.4, -0.2) is 17.5 Å². The first-order chi connectivity index (χ1) is 6.88. The molecule has 1 aromatic rings. The average molecular weight is 208 g/mol. The molecule has 3 rings (SSSR count). The second-order valence-electron chi connectivity index (χ2n) is 4.32. The Kier molecular flexibility index (Phi) is 2.11. The van der Waals surface area contributed by atoms with Gasteiger partial charge in [0.1, 0.15) is 0 Å². The summed E-state index contributed by atoms with van der Waals surface area (Å²) in [7, 11) is 0. The van der Waals surface area contributed by atoms with E-state index in [9.17, 15) is 0 Å². The highest BCUT2D eigenvalue weighted by molar-refractivity contribution is 7.10.